The summed E-state index contributed by atoms with van der Waals surface area (Å²) in [5.74, 6) is -0.253. The maximum Gasteiger partial charge on any atom is 0.123 e. The number of allylic oxidation sites excluding steroid dienone is 5. The van der Waals surface area contributed by atoms with Crippen LogP contribution in [0.25, 0.3) is 49.9 Å². The van der Waals surface area contributed by atoms with E-state index in [0.29, 0.717) is 6.42 Å². The Labute approximate surface area is 243 Å². The van der Waals surface area contributed by atoms with E-state index >= 15 is 0 Å². The van der Waals surface area contributed by atoms with Gasteiger partial charge >= 0.3 is 0 Å². The molecular weight excluding hydrogens is 521 g/mol. The topological polar surface area (TPSA) is 69.4 Å². The number of hydrogen-bond acceptors (Lipinski definition) is 3. The number of H-pyrrole nitrogens is 2. The summed E-state index contributed by atoms with van der Waals surface area (Å²) in [5, 5.41) is 13.1. The minimum atomic E-state index is -0.253. The number of halogens is 1. The predicted octanol–water partition coefficient (Wildman–Crippen LogP) is 8.73. The van der Waals surface area contributed by atoms with Gasteiger partial charge in [0.2, 0.25) is 0 Å². The number of rotatable bonds is 9. The number of nitrogens with zero attached hydrogens (tertiary/aromatic N) is 2. The van der Waals surface area contributed by atoms with Crippen LogP contribution in [-0.2, 0) is 6.42 Å². The van der Waals surface area contributed by atoms with Gasteiger partial charge < -0.3 is 10.3 Å². The first-order valence-electron chi connectivity index (χ1n) is 13.7. The molecule has 0 atom stereocenters. The Bertz CT molecular complexity index is 1970. The molecule has 6 rings (SSSR count). The summed E-state index contributed by atoms with van der Waals surface area (Å²) >= 11 is 0. The van der Waals surface area contributed by atoms with Crippen LogP contribution in [0, 0.1) is 5.82 Å². The molecule has 6 aromatic rings. The highest BCUT2D eigenvalue weighted by Crippen LogP contribution is 2.34. The summed E-state index contributed by atoms with van der Waals surface area (Å²) in [6, 6.07) is 27.0. The van der Waals surface area contributed by atoms with Crippen molar-refractivity contribution in [1.29, 1.82) is 0 Å². The second-order valence-corrected chi connectivity index (χ2v) is 10.1. The van der Waals surface area contributed by atoms with Gasteiger partial charge in [-0.15, -0.1) is 0 Å². The van der Waals surface area contributed by atoms with Gasteiger partial charge in [-0.3, -0.25) is 10.1 Å². The lowest BCUT2D eigenvalue weighted by Gasteiger charge is -2.12. The highest BCUT2D eigenvalue weighted by atomic mass is 19.1. The van der Waals surface area contributed by atoms with Crippen molar-refractivity contribution >= 4 is 27.4 Å². The van der Waals surface area contributed by atoms with Gasteiger partial charge in [0.15, 0.2) is 0 Å². The second kappa shape index (κ2) is 11.6. The van der Waals surface area contributed by atoms with Crippen LogP contribution in [-0.4, -0.2) is 20.2 Å². The summed E-state index contributed by atoms with van der Waals surface area (Å²) in [6.45, 7) is 10.2. The monoisotopic (exact) mass is 551 g/mol. The summed E-state index contributed by atoms with van der Waals surface area (Å²) in [5.41, 5.74) is 10.1. The molecule has 0 aliphatic heterocycles. The molecule has 0 radical (unpaired) electrons. The first-order chi connectivity index (χ1) is 20.5. The minimum Gasteiger partial charge on any atom is -0.359 e. The molecule has 0 bridgehead atoms. The van der Waals surface area contributed by atoms with E-state index in [1.807, 2.05) is 61.5 Å². The van der Waals surface area contributed by atoms with E-state index in [-0.39, 0.29) is 5.82 Å². The van der Waals surface area contributed by atoms with Gasteiger partial charge in [-0.2, -0.15) is 5.10 Å². The van der Waals surface area contributed by atoms with Crippen molar-refractivity contribution in [3.8, 4) is 22.5 Å². The minimum absolute atomic E-state index is 0.253. The third-order valence-electron chi connectivity index (χ3n) is 7.24. The number of benzene rings is 3. The van der Waals surface area contributed by atoms with E-state index in [1.54, 1.807) is 24.4 Å². The van der Waals surface area contributed by atoms with Crippen LogP contribution in [0.3, 0.4) is 0 Å². The molecule has 6 heteroatoms. The molecule has 3 N–H and O–H groups in total. The SMILES string of the molecule is C=C/C(=C\C(=C/C)c1cc2c(-c3cc4c(-c5ccc(F)cc5)cccc4[nH]3)n[nH]c2cn1)NC(=C)Cc1ccccc1. The second-order valence-electron chi connectivity index (χ2n) is 10.1. The molecule has 0 saturated carbocycles. The van der Waals surface area contributed by atoms with Crippen LogP contribution in [0.5, 0.6) is 0 Å². The Balaban J connectivity index is 1.32. The van der Waals surface area contributed by atoms with Gasteiger partial charge in [0, 0.05) is 34.1 Å². The third kappa shape index (κ3) is 5.43. The molecule has 0 amide bonds. The molecule has 0 aliphatic rings. The standard InChI is InChI=1S/C36H30FN5/c1-4-25(19-28(5-2)39-23(3)18-24-10-7-6-8-11-24)33-21-31-35(22-38-33)41-42-36(31)34-20-30-29(12-9-13-32(30)40-34)26-14-16-27(37)17-15-26/h4-17,19-22,39-40H,2-3,18H2,1H3,(H,41,42)/b25-4+,28-19+. The molecule has 0 unspecified atom stereocenters. The Kier molecular flexibility index (Phi) is 7.35. The Morgan fingerprint density at radius 2 is 1.76 bits per heavy atom. The average molecular weight is 552 g/mol. The summed E-state index contributed by atoms with van der Waals surface area (Å²) < 4.78 is 13.6. The van der Waals surface area contributed by atoms with Crippen LogP contribution in [0.15, 0.2) is 134 Å². The van der Waals surface area contributed by atoms with E-state index < -0.39 is 0 Å². The zero-order valence-electron chi connectivity index (χ0n) is 23.3. The van der Waals surface area contributed by atoms with Crippen molar-refractivity contribution in [1.82, 2.24) is 25.5 Å². The largest absolute Gasteiger partial charge is 0.359 e. The van der Waals surface area contributed by atoms with Gasteiger partial charge in [0.1, 0.15) is 11.5 Å². The van der Waals surface area contributed by atoms with E-state index in [1.165, 1.54) is 17.7 Å². The van der Waals surface area contributed by atoms with Crippen LogP contribution in [0.4, 0.5) is 4.39 Å². The van der Waals surface area contributed by atoms with Gasteiger partial charge in [-0.25, -0.2) is 4.39 Å². The molecule has 0 saturated heterocycles. The fourth-order valence-electron chi connectivity index (χ4n) is 5.15. The van der Waals surface area contributed by atoms with Gasteiger partial charge in [-0.05, 0) is 71.7 Å². The normalized spacial score (nSPS) is 12.1. The fraction of sp³-hybridized carbons (Fsp3) is 0.0556. The summed E-state index contributed by atoms with van der Waals surface area (Å²) in [7, 11) is 0. The number of aromatic nitrogens is 4. The predicted molar refractivity (Wildman–Crippen MR) is 171 cm³/mol. The third-order valence-corrected chi connectivity index (χ3v) is 7.24. The maximum atomic E-state index is 13.6. The van der Waals surface area contributed by atoms with Crippen LogP contribution >= 0.6 is 0 Å². The molecule has 3 aromatic heterocycles. The number of nitrogens with one attached hydrogen (secondary N) is 3. The lowest BCUT2D eigenvalue weighted by atomic mass is 10.0. The zero-order valence-corrected chi connectivity index (χ0v) is 23.3. The molecule has 206 valence electrons. The molecule has 5 nitrogen and oxygen atoms in total. The number of aromatic amines is 2. The van der Waals surface area contributed by atoms with E-state index in [4.69, 9.17) is 4.98 Å². The molecular formula is C36H30FN5. The van der Waals surface area contributed by atoms with Crippen LogP contribution in [0.2, 0.25) is 0 Å². The van der Waals surface area contributed by atoms with Crippen molar-refractivity contribution in [3.63, 3.8) is 0 Å². The quantitative estimate of drug-likeness (QED) is 0.157. The first-order valence-corrected chi connectivity index (χ1v) is 13.7. The molecule has 3 heterocycles. The van der Waals surface area contributed by atoms with Crippen molar-refractivity contribution in [2.75, 3.05) is 0 Å². The van der Waals surface area contributed by atoms with E-state index in [9.17, 15) is 4.39 Å². The highest BCUT2D eigenvalue weighted by molar-refractivity contribution is 6.01. The van der Waals surface area contributed by atoms with E-state index in [0.717, 1.165) is 67.0 Å². The van der Waals surface area contributed by atoms with Gasteiger partial charge in [0.25, 0.3) is 0 Å². The lowest BCUT2D eigenvalue weighted by molar-refractivity contribution is 0.628. The van der Waals surface area contributed by atoms with E-state index in [2.05, 4.69) is 51.9 Å². The van der Waals surface area contributed by atoms with Gasteiger partial charge in [0.05, 0.1) is 23.1 Å². The highest BCUT2D eigenvalue weighted by Gasteiger charge is 2.15. The molecule has 3 aromatic carbocycles. The lowest BCUT2D eigenvalue weighted by Crippen LogP contribution is -2.12. The first kappa shape index (κ1) is 26.7. The van der Waals surface area contributed by atoms with Crippen molar-refractivity contribution in [2.24, 2.45) is 0 Å². The molecule has 0 fully saturated rings. The Hall–Kier alpha value is -5.49. The maximum absolute atomic E-state index is 13.6. The van der Waals surface area contributed by atoms with Crippen LogP contribution in [0.1, 0.15) is 18.2 Å². The molecule has 0 spiro atoms. The smallest absolute Gasteiger partial charge is 0.123 e. The summed E-state index contributed by atoms with van der Waals surface area (Å²) in [4.78, 5) is 8.23. The average Bonchev–Trinajstić information content (AvgIpc) is 3.64. The molecule has 0 aliphatic carbocycles. The van der Waals surface area contributed by atoms with Crippen molar-refractivity contribution in [3.05, 3.63) is 151 Å². The molecule has 42 heavy (non-hydrogen) atoms. The number of pyridine rings is 1. The number of fused-ring (bicyclic) bond motifs is 2. The van der Waals surface area contributed by atoms with Gasteiger partial charge in [-0.1, -0.05) is 73.8 Å². The number of hydrogen-bond donors (Lipinski definition) is 3. The Morgan fingerprint density at radius 1 is 0.952 bits per heavy atom. The summed E-state index contributed by atoms with van der Waals surface area (Å²) in [6.07, 6.45) is 8.35. The van der Waals surface area contributed by atoms with Crippen LogP contribution < -0.4 is 5.32 Å². The fourth-order valence-corrected chi connectivity index (χ4v) is 5.15. The zero-order chi connectivity index (χ0) is 29.1. The van der Waals surface area contributed by atoms with Crippen molar-refractivity contribution in [2.45, 2.75) is 13.3 Å². The van der Waals surface area contributed by atoms with Crippen molar-refractivity contribution < 1.29 is 4.39 Å². The Morgan fingerprint density at radius 3 is 2.52 bits per heavy atom.